The van der Waals surface area contributed by atoms with Gasteiger partial charge in [0, 0.05) is 0 Å². The van der Waals surface area contributed by atoms with Crippen LogP contribution in [-0.4, -0.2) is 25.8 Å². The summed E-state index contributed by atoms with van der Waals surface area (Å²) in [6.07, 6.45) is 0.903. The minimum atomic E-state index is -1.18. The second-order valence-corrected chi connectivity index (χ2v) is 3.17. The van der Waals surface area contributed by atoms with E-state index in [2.05, 4.69) is 5.10 Å². The molecule has 0 spiro atoms. The Morgan fingerprint density at radius 2 is 2.00 bits per heavy atom. The van der Waals surface area contributed by atoms with E-state index in [0.29, 0.717) is 0 Å². The molecule has 0 amide bonds. The summed E-state index contributed by atoms with van der Waals surface area (Å²) in [7, 11) is 0. The van der Waals surface area contributed by atoms with E-state index in [1.165, 1.54) is 18.2 Å². The van der Waals surface area contributed by atoms with Crippen LogP contribution in [0, 0.1) is 0 Å². The predicted molar refractivity (Wildman–Crippen MR) is 57.4 cm³/mol. The number of hydrogen-bond donors (Lipinski definition) is 2. The Kier molecular flexibility index (Phi) is 2.57. The minimum Gasteiger partial charge on any atom is -0.478 e. The van der Waals surface area contributed by atoms with Crippen molar-refractivity contribution in [2.24, 2.45) is 0 Å². The number of nitrogens with zero attached hydrogens (tertiary/aromatic N) is 2. The zero-order valence-electron chi connectivity index (χ0n) is 8.45. The van der Waals surface area contributed by atoms with Crippen LogP contribution in [-0.2, 0) is 0 Å². The van der Waals surface area contributed by atoms with Gasteiger partial charge in [0.15, 0.2) is 0 Å². The fourth-order valence-electron chi connectivity index (χ4n) is 1.36. The van der Waals surface area contributed by atoms with Crippen LogP contribution in [0.25, 0.3) is 5.69 Å². The van der Waals surface area contributed by atoms with Gasteiger partial charge in [-0.15, -0.1) is 0 Å². The van der Waals surface area contributed by atoms with Gasteiger partial charge in [0.1, 0.15) is 6.20 Å². The lowest BCUT2D eigenvalue weighted by atomic mass is 10.2. The van der Waals surface area contributed by atoms with Gasteiger partial charge in [-0.1, -0.05) is 12.1 Å². The van der Waals surface area contributed by atoms with Gasteiger partial charge in [0.05, 0.1) is 11.3 Å². The molecule has 0 bridgehead atoms. The van der Waals surface area contributed by atoms with Crippen LogP contribution < -0.4 is 11.2 Å². The number of benzene rings is 1. The predicted octanol–water partition coefficient (Wildman–Crippen LogP) is -0.381. The Hall–Kier alpha value is -2.70. The molecule has 7 heteroatoms. The molecule has 1 aromatic carbocycles. The molecule has 0 fully saturated rings. The number of aromatic nitrogens is 3. The van der Waals surface area contributed by atoms with Gasteiger partial charge in [-0.2, -0.15) is 9.78 Å². The van der Waals surface area contributed by atoms with E-state index in [1.54, 1.807) is 6.07 Å². The van der Waals surface area contributed by atoms with Crippen LogP contribution in [0.1, 0.15) is 10.4 Å². The molecule has 0 unspecified atom stereocenters. The average Bonchev–Trinajstić information content (AvgIpc) is 2.29. The first kappa shape index (κ1) is 10.8. The van der Waals surface area contributed by atoms with Crippen LogP contribution in [0.15, 0.2) is 40.1 Å². The van der Waals surface area contributed by atoms with Gasteiger partial charge >= 0.3 is 11.7 Å². The Labute approximate surface area is 94.0 Å². The summed E-state index contributed by atoms with van der Waals surface area (Å²) in [4.78, 5) is 35.3. The first-order valence-corrected chi connectivity index (χ1v) is 4.61. The normalized spacial score (nSPS) is 10.1. The van der Waals surface area contributed by atoms with Crippen molar-refractivity contribution < 1.29 is 9.90 Å². The maximum atomic E-state index is 11.5. The van der Waals surface area contributed by atoms with E-state index in [9.17, 15) is 14.4 Å². The fraction of sp³-hybridized carbons (Fsp3) is 0. The number of hydrogen-bond acceptors (Lipinski definition) is 4. The summed E-state index contributed by atoms with van der Waals surface area (Å²) in [5.74, 6) is -1.18. The van der Waals surface area contributed by atoms with Crippen molar-refractivity contribution in [3.8, 4) is 5.69 Å². The van der Waals surface area contributed by atoms with Crippen molar-refractivity contribution in [3.63, 3.8) is 0 Å². The molecule has 0 atom stereocenters. The Morgan fingerprint density at radius 3 is 2.65 bits per heavy atom. The zero-order valence-corrected chi connectivity index (χ0v) is 8.45. The highest BCUT2D eigenvalue weighted by molar-refractivity contribution is 5.91. The number of rotatable bonds is 2. The highest BCUT2D eigenvalue weighted by atomic mass is 16.4. The third kappa shape index (κ3) is 1.98. The van der Waals surface area contributed by atoms with Crippen molar-refractivity contribution in [1.82, 2.24) is 14.8 Å². The summed E-state index contributed by atoms with van der Waals surface area (Å²) < 4.78 is 0.824. The van der Waals surface area contributed by atoms with Crippen LogP contribution in [0.5, 0.6) is 0 Å². The van der Waals surface area contributed by atoms with Crippen LogP contribution in [0.2, 0.25) is 0 Å². The third-order valence-electron chi connectivity index (χ3n) is 2.08. The molecule has 1 aromatic heterocycles. The van der Waals surface area contributed by atoms with Crippen molar-refractivity contribution in [2.75, 3.05) is 0 Å². The number of carboxylic acids is 1. The number of nitrogens with one attached hydrogen (secondary N) is 1. The van der Waals surface area contributed by atoms with Crippen molar-refractivity contribution in [2.45, 2.75) is 0 Å². The lowest BCUT2D eigenvalue weighted by Gasteiger charge is -2.05. The average molecular weight is 233 g/mol. The second kappa shape index (κ2) is 4.05. The van der Waals surface area contributed by atoms with Gasteiger partial charge in [-0.25, -0.2) is 9.59 Å². The SMILES string of the molecule is O=C(O)c1ccccc1-n1ncc(=O)[nH]c1=O. The lowest BCUT2D eigenvalue weighted by molar-refractivity contribution is 0.0696. The molecule has 7 nitrogen and oxygen atoms in total. The lowest BCUT2D eigenvalue weighted by Crippen LogP contribution is -2.31. The van der Waals surface area contributed by atoms with Crippen molar-refractivity contribution >= 4 is 5.97 Å². The topological polar surface area (TPSA) is 105 Å². The maximum absolute atomic E-state index is 11.5. The smallest absolute Gasteiger partial charge is 0.349 e. The van der Waals surface area contributed by atoms with Gasteiger partial charge < -0.3 is 5.11 Å². The van der Waals surface area contributed by atoms with Crippen molar-refractivity contribution in [3.05, 3.63) is 56.9 Å². The van der Waals surface area contributed by atoms with Gasteiger partial charge in [0.2, 0.25) is 0 Å². The summed E-state index contributed by atoms with van der Waals surface area (Å²) in [5.41, 5.74) is -1.40. The highest BCUT2D eigenvalue weighted by Gasteiger charge is 2.12. The molecular weight excluding hydrogens is 226 g/mol. The quantitative estimate of drug-likeness (QED) is 0.735. The van der Waals surface area contributed by atoms with Crippen molar-refractivity contribution in [1.29, 1.82) is 0 Å². The van der Waals surface area contributed by atoms with Gasteiger partial charge in [0.25, 0.3) is 5.56 Å². The molecule has 0 saturated carbocycles. The molecule has 0 radical (unpaired) electrons. The molecule has 0 aliphatic heterocycles. The minimum absolute atomic E-state index is 0.0749. The number of carbonyl (C=O) groups is 1. The Bertz CT molecular complexity index is 686. The fourth-order valence-corrected chi connectivity index (χ4v) is 1.36. The van der Waals surface area contributed by atoms with Crippen LogP contribution in [0.4, 0.5) is 0 Å². The third-order valence-corrected chi connectivity index (χ3v) is 2.08. The number of para-hydroxylation sites is 1. The number of aromatic carboxylic acids is 1. The second-order valence-electron chi connectivity index (χ2n) is 3.17. The molecule has 0 saturated heterocycles. The van der Waals surface area contributed by atoms with Gasteiger partial charge in [-0.3, -0.25) is 9.78 Å². The van der Waals surface area contributed by atoms with Crippen LogP contribution in [0.3, 0.4) is 0 Å². The number of carboxylic acid groups (broad SMARTS) is 1. The van der Waals surface area contributed by atoms with E-state index in [4.69, 9.17) is 5.11 Å². The molecule has 1 heterocycles. The monoisotopic (exact) mass is 233 g/mol. The van der Waals surface area contributed by atoms with E-state index in [-0.39, 0.29) is 11.3 Å². The maximum Gasteiger partial charge on any atom is 0.349 e. The molecule has 2 aromatic rings. The van der Waals surface area contributed by atoms with E-state index in [1.807, 2.05) is 4.98 Å². The van der Waals surface area contributed by atoms with E-state index in [0.717, 1.165) is 10.9 Å². The first-order valence-electron chi connectivity index (χ1n) is 4.61. The molecule has 0 aliphatic rings. The summed E-state index contributed by atoms with van der Waals surface area (Å²) in [6, 6.07) is 5.87. The Morgan fingerprint density at radius 1 is 1.29 bits per heavy atom. The van der Waals surface area contributed by atoms with E-state index >= 15 is 0 Å². The molecule has 2 rings (SSSR count). The summed E-state index contributed by atoms with van der Waals surface area (Å²) >= 11 is 0. The molecule has 86 valence electrons. The number of aromatic amines is 1. The molecule has 17 heavy (non-hydrogen) atoms. The summed E-state index contributed by atoms with van der Waals surface area (Å²) in [6.45, 7) is 0. The zero-order chi connectivity index (χ0) is 12.4. The number of H-pyrrole nitrogens is 1. The molecule has 2 N–H and O–H groups in total. The highest BCUT2D eigenvalue weighted by Crippen LogP contribution is 2.10. The Balaban J connectivity index is 2.73. The standard InChI is InChI=1S/C10H7N3O4/c14-8-5-11-13(10(17)12-8)7-4-2-1-3-6(7)9(15)16/h1-5H,(H,15,16)(H,12,14,17). The summed E-state index contributed by atoms with van der Waals surface area (Å²) in [5, 5.41) is 12.5. The molecule has 0 aliphatic carbocycles. The van der Waals surface area contributed by atoms with E-state index < -0.39 is 17.2 Å². The first-order chi connectivity index (χ1) is 8.09. The molecular formula is C10H7N3O4. The van der Waals surface area contributed by atoms with Crippen LogP contribution >= 0.6 is 0 Å². The van der Waals surface area contributed by atoms with Gasteiger partial charge in [-0.05, 0) is 12.1 Å². The largest absolute Gasteiger partial charge is 0.478 e.